The normalized spacial score (nSPS) is 26.1. The number of nitrogens with zero attached hydrogens (tertiary/aromatic N) is 7. The molecule has 4 bridgehead atoms. The Bertz CT molecular complexity index is 1380. The molecule has 0 spiro atoms. The van der Waals surface area contributed by atoms with Gasteiger partial charge in [0, 0.05) is 49.5 Å². The summed E-state index contributed by atoms with van der Waals surface area (Å²) >= 11 is 0. The predicted octanol–water partition coefficient (Wildman–Crippen LogP) is 2.52. The van der Waals surface area contributed by atoms with Crippen molar-refractivity contribution in [2.24, 2.45) is 5.92 Å². The van der Waals surface area contributed by atoms with E-state index in [2.05, 4.69) is 41.7 Å². The number of nitrogens with two attached hydrogens (primary N) is 1. The van der Waals surface area contributed by atoms with Crippen molar-refractivity contribution in [3.8, 4) is 28.8 Å². The van der Waals surface area contributed by atoms with Crippen LogP contribution in [0, 0.1) is 17.8 Å². The fourth-order valence-corrected chi connectivity index (χ4v) is 6.54. The average Bonchev–Trinajstić information content (AvgIpc) is 3.55. The topological polar surface area (TPSA) is 108 Å². The van der Waals surface area contributed by atoms with Crippen molar-refractivity contribution in [3.63, 3.8) is 0 Å². The van der Waals surface area contributed by atoms with Crippen molar-refractivity contribution < 1.29 is 5.11 Å². The van der Waals surface area contributed by atoms with E-state index < -0.39 is 0 Å². The summed E-state index contributed by atoms with van der Waals surface area (Å²) in [6.07, 6.45) is 6.70. The van der Waals surface area contributed by atoms with Crippen LogP contribution in [0.4, 0.5) is 17.3 Å². The summed E-state index contributed by atoms with van der Waals surface area (Å²) in [5.74, 6) is 9.54. The minimum absolute atomic E-state index is 0.178. The molecule has 9 nitrogen and oxygen atoms in total. The number of nitrogen functional groups attached to an aromatic ring is 1. The zero-order chi connectivity index (χ0) is 24.9. The number of para-hydroxylation sites is 1. The van der Waals surface area contributed by atoms with Crippen LogP contribution in [0.3, 0.4) is 0 Å². The molecule has 5 fully saturated rings. The van der Waals surface area contributed by atoms with Crippen LogP contribution in [0.15, 0.2) is 42.6 Å². The first-order valence-corrected chi connectivity index (χ1v) is 13.1. The van der Waals surface area contributed by atoms with Gasteiger partial charge in [-0.05, 0) is 61.8 Å². The molecule has 2 aromatic heterocycles. The van der Waals surface area contributed by atoms with Crippen LogP contribution >= 0.6 is 0 Å². The number of aromatic hydroxyl groups is 1. The summed E-state index contributed by atoms with van der Waals surface area (Å²) in [5.41, 5.74) is 8.41. The summed E-state index contributed by atoms with van der Waals surface area (Å²) in [7, 11) is 0. The van der Waals surface area contributed by atoms with Crippen LogP contribution in [0.5, 0.6) is 5.75 Å². The van der Waals surface area contributed by atoms with Crippen molar-refractivity contribution in [2.75, 3.05) is 41.7 Å². The van der Waals surface area contributed by atoms with Gasteiger partial charge in [-0.3, -0.25) is 4.90 Å². The Labute approximate surface area is 216 Å². The van der Waals surface area contributed by atoms with E-state index in [0.717, 1.165) is 55.9 Å². The molecule has 3 aromatic rings. The molecule has 1 aliphatic carbocycles. The fourth-order valence-electron chi connectivity index (χ4n) is 6.54. The van der Waals surface area contributed by atoms with Gasteiger partial charge in [-0.15, -0.1) is 10.2 Å². The molecule has 4 aliphatic heterocycles. The van der Waals surface area contributed by atoms with Gasteiger partial charge < -0.3 is 20.6 Å². The van der Waals surface area contributed by atoms with Gasteiger partial charge in [0.25, 0.3) is 0 Å². The first-order valence-electron chi connectivity index (χ1n) is 13.1. The maximum atomic E-state index is 10.3. The van der Waals surface area contributed by atoms with Crippen LogP contribution < -0.4 is 15.5 Å². The van der Waals surface area contributed by atoms with Gasteiger partial charge in [-0.25, -0.2) is 9.97 Å². The smallest absolute Gasteiger partial charge is 0.206 e. The lowest BCUT2D eigenvalue weighted by molar-refractivity contribution is 0.268. The molecular formula is C28H30N8O. The first-order chi connectivity index (χ1) is 18.1. The zero-order valence-corrected chi connectivity index (χ0v) is 20.7. The van der Waals surface area contributed by atoms with Gasteiger partial charge >= 0.3 is 0 Å². The van der Waals surface area contributed by atoms with Crippen molar-refractivity contribution in [2.45, 2.75) is 43.8 Å². The van der Waals surface area contributed by atoms with E-state index in [1.807, 2.05) is 30.5 Å². The van der Waals surface area contributed by atoms with E-state index in [9.17, 15) is 5.11 Å². The molecule has 1 aromatic carbocycles. The number of piperazine rings is 1. The standard InChI is InChI=1S/C28H30N8O/c29-28-24(14-23(32-33-28)22-4-1-2-5-25(22)37)35-16-19-7-8-20(17-35)36(19)27-9-10-30-26(31-27)6-3-11-34-15-18-12-21(34)13-18/h1-2,4-5,9-10,14,18-21,37H,7-8,11-13,15-17H2,(H2,29,33)/t18?,19-,20+,21?. The highest BCUT2D eigenvalue weighted by atomic mass is 16.3. The van der Waals surface area contributed by atoms with Crippen LogP contribution in [-0.4, -0.2) is 74.5 Å². The van der Waals surface area contributed by atoms with E-state index in [-0.39, 0.29) is 5.75 Å². The largest absolute Gasteiger partial charge is 0.507 e. The molecule has 1 saturated carbocycles. The van der Waals surface area contributed by atoms with Crippen molar-refractivity contribution in [1.82, 2.24) is 25.1 Å². The Hall–Kier alpha value is -3.90. The SMILES string of the molecule is Nc1nnc(-c2ccccc2O)cc1N1C[C@H]2CC[C@@H](C1)N2c1ccnc(C#CCN2CC3CC2C3)n1. The highest BCUT2D eigenvalue weighted by molar-refractivity contribution is 5.74. The van der Waals surface area contributed by atoms with Crippen LogP contribution in [-0.2, 0) is 0 Å². The third kappa shape index (κ3) is 4.02. The Morgan fingerprint density at radius 3 is 2.57 bits per heavy atom. The summed E-state index contributed by atoms with van der Waals surface area (Å²) < 4.78 is 0. The average molecular weight is 495 g/mol. The monoisotopic (exact) mass is 494 g/mol. The highest BCUT2D eigenvalue weighted by Crippen LogP contribution is 2.40. The van der Waals surface area contributed by atoms with Crippen molar-refractivity contribution >= 4 is 17.3 Å². The minimum atomic E-state index is 0.178. The molecule has 0 radical (unpaired) electrons. The third-order valence-corrected chi connectivity index (χ3v) is 8.41. The number of hydrogen-bond acceptors (Lipinski definition) is 9. The molecule has 9 heteroatoms. The lowest BCUT2D eigenvalue weighted by atomic mass is 9.86. The maximum absolute atomic E-state index is 10.3. The number of phenolic OH excluding ortho intramolecular Hbond substituents is 1. The molecule has 8 rings (SSSR count). The van der Waals surface area contributed by atoms with Crippen LogP contribution in [0.25, 0.3) is 11.3 Å². The second-order valence-corrected chi connectivity index (χ2v) is 10.7. The number of phenols is 1. The predicted molar refractivity (Wildman–Crippen MR) is 142 cm³/mol. The maximum Gasteiger partial charge on any atom is 0.206 e. The van der Waals surface area contributed by atoms with Gasteiger partial charge in [0.15, 0.2) is 5.82 Å². The van der Waals surface area contributed by atoms with Crippen LogP contribution in [0.2, 0.25) is 0 Å². The molecule has 3 N–H and O–H groups in total. The third-order valence-electron chi connectivity index (χ3n) is 8.41. The molecule has 37 heavy (non-hydrogen) atoms. The van der Waals surface area contributed by atoms with E-state index in [1.165, 1.54) is 19.4 Å². The molecular weight excluding hydrogens is 464 g/mol. The summed E-state index contributed by atoms with van der Waals surface area (Å²) in [6, 6.07) is 12.5. The van der Waals surface area contributed by atoms with E-state index in [4.69, 9.17) is 10.7 Å². The van der Waals surface area contributed by atoms with Crippen LogP contribution in [0.1, 0.15) is 31.5 Å². The number of fused-ring (bicyclic) bond motifs is 3. The Morgan fingerprint density at radius 2 is 1.81 bits per heavy atom. The van der Waals surface area contributed by atoms with E-state index in [1.54, 1.807) is 12.1 Å². The first kappa shape index (κ1) is 22.3. The molecule has 2 atom stereocenters. The second kappa shape index (κ2) is 8.89. The number of rotatable bonds is 4. The fraction of sp³-hybridized carbons (Fsp3) is 0.429. The van der Waals surface area contributed by atoms with E-state index in [0.29, 0.717) is 35.0 Å². The molecule has 5 aliphatic rings. The molecule has 0 amide bonds. The van der Waals surface area contributed by atoms with Gasteiger partial charge in [-0.2, -0.15) is 0 Å². The summed E-state index contributed by atoms with van der Waals surface area (Å²) in [5, 5.41) is 18.8. The Kier molecular flexibility index (Phi) is 5.36. The highest BCUT2D eigenvalue weighted by Gasteiger charge is 2.42. The molecule has 188 valence electrons. The Balaban J connectivity index is 1.09. The molecule has 0 unspecified atom stereocenters. The number of aromatic nitrogens is 4. The lowest BCUT2D eigenvalue weighted by Crippen LogP contribution is -2.54. The second-order valence-electron chi connectivity index (χ2n) is 10.7. The van der Waals surface area contributed by atoms with Gasteiger partial charge in [0.2, 0.25) is 5.82 Å². The summed E-state index contributed by atoms with van der Waals surface area (Å²) in [6.45, 7) is 3.63. The van der Waals surface area contributed by atoms with Crippen molar-refractivity contribution in [1.29, 1.82) is 0 Å². The van der Waals surface area contributed by atoms with Gasteiger partial charge in [-0.1, -0.05) is 18.1 Å². The Morgan fingerprint density at radius 1 is 1.00 bits per heavy atom. The number of hydrogen-bond donors (Lipinski definition) is 2. The number of anilines is 3. The van der Waals surface area contributed by atoms with Gasteiger partial charge in [0.1, 0.15) is 11.6 Å². The zero-order valence-electron chi connectivity index (χ0n) is 20.7. The number of benzene rings is 1. The minimum Gasteiger partial charge on any atom is -0.507 e. The lowest BCUT2D eigenvalue weighted by Gasteiger charge is -2.42. The molecule has 6 heterocycles. The van der Waals surface area contributed by atoms with Crippen molar-refractivity contribution in [3.05, 3.63) is 48.4 Å². The molecule has 4 saturated heterocycles. The van der Waals surface area contributed by atoms with Gasteiger partial charge in [0.05, 0.1) is 17.9 Å². The summed E-state index contributed by atoms with van der Waals surface area (Å²) in [4.78, 5) is 16.5. The quantitative estimate of drug-likeness (QED) is 0.529. The van der Waals surface area contributed by atoms with E-state index >= 15 is 0 Å².